The molecule has 1 aromatic rings. The zero-order valence-corrected chi connectivity index (χ0v) is 15.7. The normalized spacial score (nSPS) is 21.5. The van der Waals surface area contributed by atoms with Crippen LogP contribution in [-0.2, 0) is 14.3 Å². The van der Waals surface area contributed by atoms with Crippen molar-refractivity contribution >= 4 is 23.6 Å². The number of carboxylic acid groups (broad SMARTS) is 1. The second-order valence-electron chi connectivity index (χ2n) is 6.60. The average Bonchev–Trinajstić information content (AvgIpc) is 2.60. The molecule has 0 spiro atoms. The quantitative estimate of drug-likeness (QED) is 0.688. The topological polar surface area (TPSA) is 75.6 Å². The Bertz CT molecular complexity index is 575. The smallest absolute Gasteiger partial charge is 0.305 e. The van der Waals surface area contributed by atoms with Crippen LogP contribution in [0.1, 0.15) is 50.6 Å². The molecular formula is C19H27NO4S. The Morgan fingerprint density at radius 3 is 2.56 bits per heavy atom. The fourth-order valence-corrected chi connectivity index (χ4v) is 3.62. The molecule has 1 aliphatic rings. The highest BCUT2D eigenvalue weighted by atomic mass is 32.2. The van der Waals surface area contributed by atoms with Gasteiger partial charge < -0.3 is 15.2 Å². The molecule has 1 fully saturated rings. The number of hydrogen-bond acceptors (Lipinski definition) is 4. The van der Waals surface area contributed by atoms with Crippen LogP contribution >= 0.6 is 11.8 Å². The van der Waals surface area contributed by atoms with Crippen LogP contribution in [0.5, 0.6) is 0 Å². The Kier molecular flexibility index (Phi) is 7.78. The molecular weight excluding hydrogens is 338 g/mol. The Morgan fingerprint density at radius 1 is 1.28 bits per heavy atom. The van der Waals surface area contributed by atoms with Gasteiger partial charge in [0.1, 0.15) is 6.61 Å². The summed E-state index contributed by atoms with van der Waals surface area (Å²) in [6, 6.07) is 7.05. The van der Waals surface area contributed by atoms with Gasteiger partial charge >= 0.3 is 5.97 Å². The lowest BCUT2D eigenvalue weighted by Gasteiger charge is -2.28. The third-order valence-electron chi connectivity index (χ3n) is 4.69. The van der Waals surface area contributed by atoms with Gasteiger partial charge in [-0.05, 0) is 42.7 Å². The van der Waals surface area contributed by atoms with Crippen LogP contribution in [0.15, 0.2) is 29.2 Å². The molecule has 0 heterocycles. The number of ether oxygens (including phenoxy) is 1. The van der Waals surface area contributed by atoms with Gasteiger partial charge in [-0.25, -0.2) is 0 Å². The molecule has 6 heteroatoms. The Balaban J connectivity index is 1.93. The second kappa shape index (κ2) is 9.82. The van der Waals surface area contributed by atoms with Crippen molar-refractivity contribution in [3.63, 3.8) is 0 Å². The van der Waals surface area contributed by atoms with Crippen LogP contribution in [0.25, 0.3) is 0 Å². The number of benzene rings is 1. The van der Waals surface area contributed by atoms with Gasteiger partial charge in [0.2, 0.25) is 5.91 Å². The zero-order chi connectivity index (χ0) is 18.2. The van der Waals surface area contributed by atoms with Gasteiger partial charge in [-0.1, -0.05) is 31.9 Å². The van der Waals surface area contributed by atoms with Crippen LogP contribution in [0.4, 0.5) is 0 Å². The van der Waals surface area contributed by atoms with E-state index in [-0.39, 0.29) is 25.0 Å². The van der Waals surface area contributed by atoms with E-state index < -0.39 is 12.0 Å². The molecule has 0 radical (unpaired) electrons. The molecule has 25 heavy (non-hydrogen) atoms. The maximum absolute atomic E-state index is 12.2. The van der Waals surface area contributed by atoms with Crippen LogP contribution < -0.4 is 5.32 Å². The van der Waals surface area contributed by atoms with Gasteiger partial charge in [0, 0.05) is 4.90 Å². The molecule has 138 valence electrons. The molecule has 0 aromatic heterocycles. The van der Waals surface area contributed by atoms with E-state index in [9.17, 15) is 9.59 Å². The molecule has 2 rings (SSSR count). The first-order valence-corrected chi connectivity index (χ1v) is 9.98. The minimum Gasteiger partial charge on any atom is -0.481 e. The molecule has 1 amide bonds. The summed E-state index contributed by atoms with van der Waals surface area (Å²) in [7, 11) is 0. The van der Waals surface area contributed by atoms with Crippen LogP contribution in [-0.4, -0.2) is 35.9 Å². The number of carbonyl (C=O) groups is 2. The van der Waals surface area contributed by atoms with Crippen molar-refractivity contribution in [2.75, 3.05) is 12.9 Å². The van der Waals surface area contributed by atoms with Crippen molar-refractivity contribution < 1.29 is 19.4 Å². The highest BCUT2D eigenvalue weighted by molar-refractivity contribution is 7.98. The van der Waals surface area contributed by atoms with Crippen molar-refractivity contribution in [3.8, 4) is 0 Å². The molecule has 1 aromatic carbocycles. The third kappa shape index (κ3) is 6.36. The first-order valence-electron chi connectivity index (χ1n) is 8.76. The Hall–Kier alpha value is -1.53. The summed E-state index contributed by atoms with van der Waals surface area (Å²) < 4.78 is 5.77. The van der Waals surface area contributed by atoms with Gasteiger partial charge in [-0.2, -0.15) is 0 Å². The molecule has 0 aliphatic heterocycles. The number of carbonyl (C=O) groups excluding carboxylic acids is 1. The van der Waals surface area contributed by atoms with Crippen molar-refractivity contribution in [2.24, 2.45) is 5.92 Å². The summed E-state index contributed by atoms with van der Waals surface area (Å²) in [6.07, 6.45) is 6.44. The van der Waals surface area contributed by atoms with Crippen LogP contribution in [0.2, 0.25) is 0 Å². The molecule has 2 N–H and O–H groups in total. The molecule has 3 atom stereocenters. The van der Waals surface area contributed by atoms with Crippen molar-refractivity contribution in [3.05, 3.63) is 29.8 Å². The highest BCUT2D eigenvalue weighted by Gasteiger charge is 2.24. The van der Waals surface area contributed by atoms with E-state index in [2.05, 4.69) is 12.2 Å². The van der Waals surface area contributed by atoms with E-state index in [1.807, 2.05) is 30.5 Å². The minimum atomic E-state index is -0.943. The van der Waals surface area contributed by atoms with E-state index in [4.69, 9.17) is 9.84 Å². The van der Waals surface area contributed by atoms with E-state index in [1.54, 1.807) is 11.8 Å². The summed E-state index contributed by atoms with van der Waals surface area (Å²) in [5.74, 6) is -0.741. The fraction of sp³-hybridized carbons (Fsp3) is 0.579. The van der Waals surface area contributed by atoms with E-state index in [0.29, 0.717) is 5.92 Å². The second-order valence-corrected chi connectivity index (χ2v) is 7.48. The lowest BCUT2D eigenvalue weighted by molar-refractivity contribution is -0.138. The third-order valence-corrected chi connectivity index (χ3v) is 5.44. The van der Waals surface area contributed by atoms with Gasteiger partial charge in [-0.15, -0.1) is 11.8 Å². The van der Waals surface area contributed by atoms with Crippen LogP contribution in [0, 0.1) is 5.92 Å². The minimum absolute atomic E-state index is 0.0198. The molecule has 1 saturated carbocycles. The number of aliphatic carboxylic acids is 1. The summed E-state index contributed by atoms with van der Waals surface area (Å²) in [5.41, 5.74) is 0.791. The first-order chi connectivity index (χ1) is 12.0. The van der Waals surface area contributed by atoms with Gasteiger partial charge in [-0.3, -0.25) is 9.59 Å². The number of nitrogens with one attached hydrogen (secondary N) is 1. The zero-order valence-electron chi connectivity index (χ0n) is 14.9. The largest absolute Gasteiger partial charge is 0.481 e. The predicted molar refractivity (Wildman–Crippen MR) is 98.7 cm³/mol. The van der Waals surface area contributed by atoms with Gasteiger partial charge in [0.15, 0.2) is 0 Å². The molecule has 3 unspecified atom stereocenters. The summed E-state index contributed by atoms with van der Waals surface area (Å²) in [4.78, 5) is 24.5. The lowest BCUT2D eigenvalue weighted by Crippen LogP contribution is -2.36. The average molecular weight is 365 g/mol. The highest BCUT2D eigenvalue weighted by Crippen LogP contribution is 2.26. The van der Waals surface area contributed by atoms with E-state index in [1.165, 1.54) is 6.42 Å². The maximum atomic E-state index is 12.2. The number of rotatable bonds is 8. The number of hydrogen-bond donors (Lipinski definition) is 2. The Morgan fingerprint density at radius 2 is 1.96 bits per heavy atom. The Labute approximate surface area is 153 Å². The maximum Gasteiger partial charge on any atom is 0.305 e. The van der Waals surface area contributed by atoms with Crippen molar-refractivity contribution in [1.29, 1.82) is 0 Å². The molecule has 0 bridgehead atoms. The SMILES string of the molecule is CSc1ccc(C(CC(=O)O)NC(=O)COC2CCCCC2C)cc1. The monoisotopic (exact) mass is 365 g/mol. The van der Waals surface area contributed by atoms with Gasteiger partial charge in [0.25, 0.3) is 0 Å². The number of thioether (sulfide) groups is 1. The van der Waals surface area contributed by atoms with Crippen molar-refractivity contribution in [2.45, 2.75) is 56.1 Å². The van der Waals surface area contributed by atoms with E-state index in [0.717, 1.165) is 29.7 Å². The predicted octanol–water partition coefficient (Wildman–Crippen LogP) is 3.64. The number of amides is 1. The number of carboxylic acids is 1. The van der Waals surface area contributed by atoms with E-state index >= 15 is 0 Å². The first kappa shape index (κ1) is 19.8. The van der Waals surface area contributed by atoms with Gasteiger partial charge in [0.05, 0.1) is 18.6 Å². The molecule has 1 aliphatic carbocycles. The fourth-order valence-electron chi connectivity index (χ4n) is 3.21. The summed E-state index contributed by atoms with van der Waals surface area (Å²) in [5, 5.41) is 11.9. The molecule has 5 nitrogen and oxygen atoms in total. The van der Waals surface area contributed by atoms with Crippen molar-refractivity contribution in [1.82, 2.24) is 5.32 Å². The standard InChI is InChI=1S/C19H27NO4S/c1-13-5-3-4-6-17(13)24-12-18(21)20-16(11-19(22)23)14-7-9-15(25-2)10-8-14/h7-10,13,16-17H,3-6,11-12H2,1-2H3,(H,20,21)(H,22,23). The summed E-state index contributed by atoms with van der Waals surface area (Å²) in [6.45, 7) is 2.14. The lowest BCUT2D eigenvalue weighted by atomic mass is 9.88. The van der Waals surface area contributed by atoms with Crippen LogP contribution in [0.3, 0.4) is 0 Å². The molecule has 0 saturated heterocycles. The summed E-state index contributed by atoms with van der Waals surface area (Å²) >= 11 is 1.62.